The fraction of sp³-hybridized carbons (Fsp3) is 0.714. The molecule has 0 aliphatic heterocycles. The van der Waals surface area contributed by atoms with Crippen molar-refractivity contribution in [1.29, 1.82) is 0 Å². The molecule has 3 heteroatoms. The van der Waals surface area contributed by atoms with E-state index in [-0.39, 0.29) is 17.2 Å². The van der Waals surface area contributed by atoms with Crippen LogP contribution in [-0.4, -0.2) is 17.2 Å². The van der Waals surface area contributed by atoms with E-state index in [2.05, 4.69) is 11.2 Å². The van der Waals surface area contributed by atoms with Crippen molar-refractivity contribution >= 4 is 11.7 Å². The molecule has 0 fully saturated rings. The highest BCUT2D eigenvalue weighted by molar-refractivity contribution is 5.80. The maximum atomic E-state index is 11.5. The molecule has 0 aromatic carbocycles. The third kappa shape index (κ3) is 11.0. The summed E-state index contributed by atoms with van der Waals surface area (Å²) in [5.41, 5.74) is -0.201. The van der Waals surface area contributed by atoms with Gasteiger partial charge in [0.2, 0.25) is 5.91 Å². The molecule has 17 heavy (non-hydrogen) atoms. The van der Waals surface area contributed by atoms with Crippen LogP contribution in [0.1, 0.15) is 59.3 Å². The quantitative estimate of drug-likeness (QED) is 0.546. The minimum absolute atomic E-state index is 0.00826. The monoisotopic (exact) mass is 237 g/mol. The zero-order valence-electron chi connectivity index (χ0n) is 11.1. The van der Waals surface area contributed by atoms with Crippen molar-refractivity contribution < 1.29 is 9.59 Å². The van der Waals surface area contributed by atoms with Gasteiger partial charge in [0.05, 0.1) is 0 Å². The standard InChI is InChI=1S/C14H23NO2/c1-5-6-7-9-12(16)10-8-11-13(17)15-14(2,3)4/h1H,6-11H2,2-4H3,(H,15,17). The van der Waals surface area contributed by atoms with Crippen LogP contribution in [-0.2, 0) is 9.59 Å². The van der Waals surface area contributed by atoms with Gasteiger partial charge in [0.25, 0.3) is 0 Å². The molecule has 0 saturated heterocycles. The number of ketones is 1. The first-order valence-corrected chi connectivity index (χ1v) is 6.11. The third-order valence-corrected chi connectivity index (χ3v) is 2.15. The highest BCUT2D eigenvalue weighted by Gasteiger charge is 2.13. The number of hydrogen-bond acceptors (Lipinski definition) is 2. The Morgan fingerprint density at radius 3 is 2.24 bits per heavy atom. The van der Waals surface area contributed by atoms with Crippen LogP contribution in [0.3, 0.4) is 0 Å². The number of nitrogens with one attached hydrogen (secondary N) is 1. The summed E-state index contributed by atoms with van der Waals surface area (Å²) in [6.45, 7) is 5.82. The van der Waals surface area contributed by atoms with Crippen molar-refractivity contribution in [3.63, 3.8) is 0 Å². The van der Waals surface area contributed by atoms with Crippen molar-refractivity contribution in [2.75, 3.05) is 0 Å². The minimum atomic E-state index is -0.201. The van der Waals surface area contributed by atoms with Gasteiger partial charge >= 0.3 is 0 Å². The Balaban J connectivity index is 3.60. The molecule has 96 valence electrons. The maximum absolute atomic E-state index is 11.5. The topological polar surface area (TPSA) is 46.2 Å². The number of rotatable bonds is 7. The Hall–Kier alpha value is -1.30. The second-order valence-corrected chi connectivity index (χ2v) is 5.25. The van der Waals surface area contributed by atoms with E-state index in [1.165, 1.54) is 0 Å². The summed E-state index contributed by atoms with van der Waals surface area (Å²) in [6.07, 6.45) is 8.55. The van der Waals surface area contributed by atoms with Crippen molar-refractivity contribution in [3.05, 3.63) is 0 Å². The second-order valence-electron chi connectivity index (χ2n) is 5.25. The largest absolute Gasteiger partial charge is 0.352 e. The molecule has 0 atom stereocenters. The molecule has 0 aromatic heterocycles. The van der Waals surface area contributed by atoms with Crippen LogP contribution in [0.25, 0.3) is 0 Å². The van der Waals surface area contributed by atoms with Crippen LogP contribution in [0.5, 0.6) is 0 Å². The number of unbranched alkanes of at least 4 members (excludes halogenated alkanes) is 1. The van der Waals surface area contributed by atoms with Gasteiger partial charge in [-0.2, -0.15) is 0 Å². The molecule has 0 radical (unpaired) electrons. The molecule has 3 nitrogen and oxygen atoms in total. The predicted octanol–water partition coefficient (Wildman–Crippen LogP) is 2.44. The van der Waals surface area contributed by atoms with Crippen LogP contribution in [0.15, 0.2) is 0 Å². The molecule has 0 saturated carbocycles. The lowest BCUT2D eigenvalue weighted by molar-refractivity contribution is -0.122. The summed E-state index contributed by atoms with van der Waals surface area (Å²) in [4.78, 5) is 22.8. The zero-order chi connectivity index (χ0) is 13.3. The fourth-order valence-corrected chi connectivity index (χ4v) is 1.44. The zero-order valence-corrected chi connectivity index (χ0v) is 11.1. The molecule has 0 aromatic rings. The number of Topliss-reactive ketones (excluding diaryl/α,β-unsaturated/α-hetero) is 1. The third-order valence-electron chi connectivity index (χ3n) is 2.15. The average Bonchev–Trinajstić information content (AvgIpc) is 2.15. The van der Waals surface area contributed by atoms with E-state index < -0.39 is 0 Å². The van der Waals surface area contributed by atoms with Crippen LogP contribution in [0, 0.1) is 12.3 Å². The van der Waals surface area contributed by atoms with Gasteiger partial charge < -0.3 is 5.32 Å². The lowest BCUT2D eigenvalue weighted by Crippen LogP contribution is -2.40. The lowest BCUT2D eigenvalue weighted by Gasteiger charge is -2.20. The van der Waals surface area contributed by atoms with Crippen molar-refractivity contribution in [1.82, 2.24) is 5.32 Å². The summed E-state index contributed by atoms with van der Waals surface area (Å²) >= 11 is 0. The molecular weight excluding hydrogens is 214 g/mol. The Bertz CT molecular complexity index is 294. The van der Waals surface area contributed by atoms with Gasteiger partial charge in [0.15, 0.2) is 0 Å². The van der Waals surface area contributed by atoms with Gasteiger partial charge in [-0.3, -0.25) is 9.59 Å². The van der Waals surface area contributed by atoms with Gasteiger partial charge in [0.1, 0.15) is 5.78 Å². The maximum Gasteiger partial charge on any atom is 0.220 e. The molecule has 1 amide bonds. The average molecular weight is 237 g/mol. The summed E-state index contributed by atoms with van der Waals surface area (Å²) in [7, 11) is 0. The normalized spacial score (nSPS) is 10.7. The van der Waals surface area contributed by atoms with Crippen molar-refractivity contribution in [3.8, 4) is 12.3 Å². The van der Waals surface area contributed by atoms with Gasteiger partial charge in [0, 0.05) is 31.2 Å². The van der Waals surface area contributed by atoms with Crippen molar-refractivity contribution in [2.24, 2.45) is 0 Å². The van der Waals surface area contributed by atoms with Gasteiger partial charge in [-0.25, -0.2) is 0 Å². The van der Waals surface area contributed by atoms with Gasteiger partial charge in [-0.15, -0.1) is 12.3 Å². The number of hydrogen-bond donors (Lipinski definition) is 1. The highest BCUT2D eigenvalue weighted by Crippen LogP contribution is 2.05. The predicted molar refractivity (Wildman–Crippen MR) is 69.4 cm³/mol. The van der Waals surface area contributed by atoms with Crippen molar-refractivity contribution in [2.45, 2.75) is 64.8 Å². The number of carbonyl (C=O) groups excluding carboxylic acids is 2. The molecule has 1 N–H and O–H groups in total. The van der Waals surface area contributed by atoms with E-state index in [9.17, 15) is 9.59 Å². The fourth-order valence-electron chi connectivity index (χ4n) is 1.44. The molecule has 0 rings (SSSR count). The summed E-state index contributed by atoms with van der Waals surface area (Å²) in [5, 5.41) is 2.87. The Labute approximate surface area is 104 Å². The Kier molecular flexibility index (Phi) is 7.29. The van der Waals surface area contributed by atoms with Gasteiger partial charge in [-0.05, 0) is 33.6 Å². The number of amides is 1. The second kappa shape index (κ2) is 7.89. The number of terminal acetylenes is 1. The molecule has 0 aliphatic carbocycles. The van der Waals surface area contributed by atoms with E-state index in [1.54, 1.807) is 0 Å². The summed E-state index contributed by atoms with van der Waals surface area (Å²) < 4.78 is 0. The number of carbonyl (C=O) groups is 2. The Morgan fingerprint density at radius 1 is 1.12 bits per heavy atom. The highest BCUT2D eigenvalue weighted by atomic mass is 16.1. The summed E-state index contributed by atoms with van der Waals surface area (Å²) in [6, 6.07) is 0. The molecule has 0 bridgehead atoms. The van der Waals surface area contributed by atoms with E-state index in [4.69, 9.17) is 6.42 Å². The van der Waals surface area contributed by atoms with Gasteiger partial charge in [-0.1, -0.05) is 0 Å². The minimum Gasteiger partial charge on any atom is -0.352 e. The van der Waals surface area contributed by atoms with E-state index in [0.29, 0.717) is 32.1 Å². The van der Waals surface area contributed by atoms with Crippen LogP contribution in [0.4, 0.5) is 0 Å². The molecule has 0 heterocycles. The van der Waals surface area contributed by atoms with E-state index >= 15 is 0 Å². The summed E-state index contributed by atoms with van der Waals surface area (Å²) in [5.74, 6) is 2.71. The first-order valence-electron chi connectivity index (χ1n) is 6.11. The van der Waals surface area contributed by atoms with Crippen LogP contribution >= 0.6 is 0 Å². The lowest BCUT2D eigenvalue weighted by atomic mass is 10.1. The SMILES string of the molecule is C#CCCCC(=O)CCCC(=O)NC(C)(C)C. The van der Waals surface area contributed by atoms with Crippen LogP contribution in [0.2, 0.25) is 0 Å². The molecule has 0 aliphatic rings. The smallest absolute Gasteiger partial charge is 0.220 e. The van der Waals surface area contributed by atoms with Crippen LogP contribution < -0.4 is 5.32 Å². The first kappa shape index (κ1) is 15.7. The Morgan fingerprint density at radius 2 is 1.71 bits per heavy atom. The molecule has 0 spiro atoms. The molecular formula is C14H23NO2. The first-order chi connectivity index (χ1) is 7.85. The molecule has 0 unspecified atom stereocenters. The van der Waals surface area contributed by atoms with E-state index in [0.717, 1.165) is 6.42 Å². The van der Waals surface area contributed by atoms with E-state index in [1.807, 2.05) is 20.8 Å².